The summed E-state index contributed by atoms with van der Waals surface area (Å²) < 4.78 is 24.6. The minimum absolute atomic E-state index is 0.325. The molecule has 4 nitrogen and oxygen atoms in total. The van der Waals surface area contributed by atoms with E-state index in [0.29, 0.717) is 12.5 Å². The molecule has 0 spiro atoms. The van der Waals surface area contributed by atoms with Gasteiger partial charge in [0.05, 0.1) is 11.9 Å². The lowest BCUT2D eigenvalue weighted by Crippen LogP contribution is -2.37. The van der Waals surface area contributed by atoms with E-state index in [2.05, 4.69) is 13.8 Å². The van der Waals surface area contributed by atoms with Crippen molar-refractivity contribution in [3.63, 3.8) is 0 Å². The predicted molar refractivity (Wildman–Crippen MR) is 57.6 cm³/mol. The van der Waals surface area contributed by atoms with Gasteiger partial charge < -0.3 is 5.11 Å². The summed E-state index contributed by atoms with van der Waals surface area (Å²) in [6.45, 7) is 5.81. The van der Waals surface area contributed by atoms with E-state index in [1.54, 1.807) is 7.05 Å². The number of nitrogens with zero attached hydrogens (tertiary/aromatic N) is 1. The molecule has 0 aromatic heterocycles. The molecule has 0 aliphatic heterocycles. The van der Waals surface area contributed by atoms with Gasteiger partial charge in [-0.25, -0.2) is 12.7 Å². The lowest BCUT2D eigenvalue weighted by molar-refractivity contribution is 0.290. The summed E-state index contributed by atoms with van der Waals surface area (Å²) in [5.74, 6) is 0.483. The molecule has 0 saturated heterocycles. The van der Waals surface area contributed by atoms with Crippen LogP contribution in [0.3, 0.4) is 0 Å². The van der Waals surface area contributed by atoms with Crippen molar-refractivity contribution in [2.75, 3.05) is 20.2 Å². The van der Waals surface area contributed by atoms with Gasteiger partial charge in [0.1, 0.15) is 0 Å². The average Bonchev–Trinajstić information content (AvgIpc) is 2.12. The SMILES string of the molecule is CC(C)CCN(C)S(=O)(=O)C(C)CO. The summed E-state index contributed by atoms with van der Waals surface area (Å²) in [7, 11) is -1.74. The van der Waals surface area contributed by atoms with Crippen molar-refractivity contribution in [1.29, 1.82) is 0 Å². The molecule has 86 valence electrons. The largest absolute Gasteiger partial charge is 0.395 e. The number of aliphatic hydroxyl groups is 1. The van der Waals surface area contributed by atoms with Crippen LogP contribution in [0.15, 0.2) is 0 Å². The molecule has 1 atom stereocenters. The first kappa shape index (κ1) is 13.9. The van der Waals surface area contributed by atoms with Crippen LogP contribution in [-0.4, -0.2) is 43.3 Å². The van der Waals surface area contributed by atoms with Crippen molar-refractivity contribution in [1.82, 2.24) is 4.31 Å². The molecule has 0 aromatic rings. The van der Waals surface area contributed by atoms with E-state index in [1.165, 1.54) is 11.2 Å². The van der Waals surface area contributed by atoms with E-state index in [-0.39, 0.29) is 6.61 Å². The van der Waals surface area contributed by atoms with Crippen LogP contribution in [-0.2, 0) is 10.0 Å². The van der Waals surface area contributed by atoms with Crippen LogP contribution in [0.5, 0.6) is 0 Å². The number of hydrogen-bond donors (Lipinski definition) is 1. The fourth-order valence-electron chi connectivity index (χ4n) is 0.969. The van der Waals surface area contributed by atoms with Crippen molar-refractivity contribution >= 4 is 10.0 Å². The fourth-order valence-corrected chi connectivity index (χ4v) is 2.13. The van der Waals surface area contributed by atoms with Gasteiger partial charge in [0.2, 0.25) is 10.0 Å². The number of aliphatic hydroxyl groups excluding tert-OH is 1. The quantitative estimate of drug-likeness (QED) is 0.720. The van der Waals surface area contributed by atoms with Crippen LogP contribution in [0.1, 0.15) is 27.2 Å². The number of hydrogen-bond acceptors (Lipinski definition) is 3. The van der Waals surface area contributed by atoms with Crippen molar-refractivity contribution in [2.24, 2.45) is 5.92 Å². The molecule has 0 radical (unpaired) electrons. The first-order valence-corrected chi connectivity index (χ1v) is 6.38. The van der Waals surface area contributed by atoms with E-state index in [4.69, 9.17) is 5.11 Å². The molecule has 14 heavy (non-hydrogen) atoms. The third-order valence-corrected chi connectivity index (χ3v) is 4.44. The van der Waals surface area contributed by atoms with Crippen molar-refractivity contribution in [2.45, 2.75) is 32.4 Å². The van der Waals surface area contributed by atoms with Crippen molar-refractivity contribution < 1.29 is 13.5 Å². The summed E-state index contributed by atoms with van der Waals surface area (Å²) in [4.78, 5) is 0. The van der Waals surface area contributed by atoms with Crippen LogP contribution in [0.4, 0.5) is 0 Å². The van der Waals surface area contributed by atoms with Gasteiger partial charge in [0.15, 0.2) is 0 Å². The summed E-state index contributed by atoms with van der Waals surface area (Å²) in [5, 5.41) is 8.08. The predicted octanol–water partition coefficient (Wildman–Crippen LogP) is 0.675. The van der Waals surface area contributed by atoms with Crippen LogP contribution >= 0.6 is 0 Å². The molecular formula is C9H21NO3S. The molecule has 0 aliphatic rings. The maximum absolute atomic E-state index is 11.6. The normalized spacial score (nSPS) is 15.1. The Bertz CT molecular complexity index is 249. The van der Waals surface area contributed by atoms with E-state index in [0.717, 1.165) is 6.42 Å². The molecule has 0 fully saturated rings. The van der Waals surface area contributed by atoms with Gasteiger partial charge in [0, 0.05) is 13.6 Å². The lowest BCUT2D eigenvalue weighted by atomic mass is 10.1. The van der Waals surface area contributed by atoms with Gasteiger partial charge in [-0.3, -0.25) is 0 Å². The molecular weight excluding hydrogens is 202 g/mol. The highest BCUT2D eigenvalue weighted by Gasteiger charge is 2.24. The molecule has 0 aliphatic carbocycles. The second-order valence-electron chi connectivity index (χ2n) is 4.04. The van der Waals surface area contributed by atoms with Gasteiger partial charge >= 0.3 is 0 Å². The van der Waals surface area contributed by atoms with E-state index in [9.17, 15) is 8.42 Å². The van der Waals surface area contributed by atoms with Gasteiger partial charge in [-0.15, -0.1) is 0 Å². The summed E-state index contributed by atoms with van der Waals surface area (Å²) in [6, 6.07) is 0. The fraction of sp³-hybridized carbons (Fsp3) is 1.00. The first-order valence-electron chi connectivity index (χ1n) is 4.88. The minimum Gasteiger partial charge on any atom is -0.395 e. The van der Waals surface area contributed by atoms with Gasteiger partial charge in [-0.05, 0) is 19.3 Å². The molecule has 0 saturated carbocycles. The summed E-state index contributed by atoms with van der Waals surface area (Å²) >= 11 is 0. The standard InChI is InChI=1S/C9H21NO3S/c1-8(2)5-6-10(4)14(12,13)9(3)7-11/h8-9,11H,5-7H2,1-4H3. The van der Waals surface area contributed by atoms with Crippen LogP contribution in [0, 0.1) is 5.92 Å². The zero-order valence-corrected chi connectivity index (χ0v) is 10.2. The Morgan fingerprint density at radius 3 is 2.14 bits per heavy atom. The van der Waals surface area contributed by atoms with E-state index >= 15 is 0 Å². The average molecular weight is 223 g/mol. The smallest absolute Gasteiger partial charge is 0.218 e. The first-order chi connectivity index (χ1) is 6.32. The zero-order valence-electron chi connectivity index (χ0n) is 9.40. The Morgan fingerprint density at radius 1 is 1.29 bits per heavy atom. The maximum atomic E-state index is 11.6. The second kappa shape index (κ2) is 5.68. The van der Waals surface area contributed by atoms with Crippen LogP contribution < -0.4 is 0 Å². The molecule has 0 heterocycles. The molecule has 0 bridgehead atoms. The van der Waals surface area contributed by atoms with Crippen LogP contribution in [0.25, 0.3) is 0 Å². The molecule has 0 amide bonds. The zero-order chi connectivity index (χ0) is 11.4. The number of rotatable bonds is 6. The highest BCUT2D eigenvalue weighted by Crippen LogP contribution is 2.09. The Labute approximate surface area is 87.0 Å². The Kier molecular flexibility index (Phi) is 5.63. The Balaban J connectivity index is 4.29. The highest BCUT2D eigenvalue weighted by molar-refractivity contribution is 7.89. The Hall–Kier alpha value is -0.130. The van der Waals surface area contributed by atoms with Gasteiger partial charge in [-0.2, -0.15) is 0 Å². The Morgan fingerprint density at radius 2 is 1.79 bits per heavy atom. The highest BCUT2D eigenvalue weighted by atomic mass is 32.2. The lowest BCUT2D eigenvalue weighted by Gasteiger charge is -2.21. The second-order valence-corrected chi connectivity index (χ2v) is 6.50. The van der Waals surface area contributed by atoms with Gasteiger partial charge in [0.25, 0.3) is 0 Å². The minimum atomic E-state index is -3.30. The third-order valence-electron chi connectivity index (χ3n) is 2.22. The van der Waals surface area contributed by atoms with Gasteiger partial charge in [-0.1, -0.05) is 13.8 Å². The molecule has 1 unspecified atom stereocenters. The van der Waals surface area contributed by atoms with Crippen LogP contribution in [0.2, 0.25) is 0 Å². The monoisotopic (exact) mass is 223 g/mol. The molecule has 5 heteroatoms. The summed E-state index contributed by atoms with van der Waals surface area (Å²) in [6.07, 6.45) is 0.841. The van der Waals surface area contributed by atoms with Crippen molar-refractivity contribution in [3.8, 4) is 0 Å². The summed E-state index contributed by atoms with van der Waals surface area (Å²) in [5.41, 5.74) is 0. The van der Waals surface area contributed by atoms with E-state index in [1.807, 2.05) is 0 Å². The molecule has 0 rings (SSSR count). The van der Waals surface area contributed by atoms with E-state index < -0.39 is 15.3 Å². The number of sulfonamides is 1. The van der Waals surface area contributed by atoms with Crippen molar-refractivity contribution in [3.05, 3.63) is 0 Å². The maximum Gasteiger partial charge on any atom is 0.218 e. The molecule has 0 aromatic carbocycles. The molecule has 1 N–H and O–H groups in total. The topological polar surface area (TPSA) is 57.6 Å². The third kappa shape index (κ3) is 3.94.